The summed E-state index contributed by atoms with van der Waals surface area (Å²) in [6, 6.07) is 15.7. The molecular formula is C19H17BrN4O. The lowest BCUT2D eigenvalue weighted by Gasteiger charge is -2.07. The maximum Gasteiger partial charge on any atom is 0.271 e. The summed E-state index contributed by atoms with van der Waals surface area (Å²) in [5.41, 5.74) is 3.41. The fourth-order valence-electron chi connectivity index (χ4n) is 2.17. The number of carbonyl (C=O) groups is 1. The van der Waals surface area contributed by atoms with Crippen LogP contribution in [0.2, 0.25) is 0 Å². The summed E-state index contributed by atoms with van der Waals surface area (Å²) in [4.78, 5) is 20.6. The second-order valence-electron chi connectivity index (χ2n) is 5.59. The zero-order valence-corrected chi connectivity index (χ0v) is 15.2. The van der Waals surface area contributed by atoms with Gasteiger partial charge in [0.15, 0.2) is 0 Å². The van der Waals surface area contributed by atoms with Crippen LogP contribution in [0, 0.1) is 6.92 Å². The van der Waals surface area contributed by atoms with E-state index in [0.29, 0.717) is 12.4 Å². The van der Waals surface area contributed by atoms with Gasteiger partial charge in [0.25, 0.3) is 5.91 Å². The Morgan fingerprint density at radius 1 is 1.00 bits per heavy atom. The fraction of sp³-hybridized carbons (Fsp3) is 0.105. The van der Waals surface area contributed by atoms with Crippen molar-refractivity contribution in [3.8, 4) is 0 Å². The van der Waals surface area contributed by atoms with Crippen molar-refractivity contribution in [1.29, 1.82) is 0 Å². The minimum Gasteiger partial charge on any atom is -0.347 e. The van der Waals surface area contributed by atoms with Crippen molar-refractivity contribution >= 4 is 33.3 Å². The number of amides is 1. The highest BCUT2D eigenvalue weighted by Gasteiger charge is 2.08. The van der Waals surface area contributed by atoms with E-state index in [2.05, 4.69) is 36.5 Å². The Morgan fingerprint density at radius 3 is 2.36 bits per heavy atom. The molecule has 2 aromatic carbocycles. The molecule has 1 amide bonds. The third-order valence-electron chi connectivity index (χ3n) is 3.57. The molecule has 0 saturated carbocycles. The number of rotatable bonds is 5. The van der Waals surface area contributed by atoms with Gasteiger partial charge in [-0.3, -0.25) is 4.79 Å². The highest BCUT2D eigenvalue weighted by molar-refractivity contribution is 9.10. The van der Waals surface area contributed by atoms with E-state index in [1.54, 1.807) is 6.20 Å². The fourth-order valence-corrected chi connectivity index (χ4v) is 2.43. The highest BCUT2D eigenvalue weighted by Crippen LogP contribution is 2.17. The highest BCUT2D eigenvalue weighted by atomic mass is 79.9. The lowest BCUT2D eigenvalue weighted by molar-refractivity contribution is 0.0945. The summed E-state index contributed by atoms with van der Waals surface area (Å²) < 4.78 is 1.00. The topological polar surface area (TPSA) is 66.9 Å². The number of carbonyl (C=O) groups excluding carboxylic acids is 1. The molecular weight excluding hydrogens is 380 g/mol. The number of hydrogen-bond acceptors (Lipinski definition) is 4. The lowest BCUT2D eigenvalue weighted by atomic mass is 10.1. The second-order valence-corrected chi connectivity index (χ2v) is 6.50. The van der Waals surface area contributed by atoms with Gasteiger partial charge in [-0.05, 0) is 36.8 Å². The average molecular weight is 397 g/mol. The van der Waals surface area contributed by atoms with E-state index >= 15 is 0 Å². The van der Waals surface area contributed by atoms with Crippen molar-refractivity contribution in [3.05, 3.63) is 82.2 Å². The first-order valence-electron chi connectivity index (χ1n) is 7.78. The number of halogens is 1. The first-order chi connectivity index (χ1) is 12.1. The van der Waals surface area contributed by atoms with Gasteiger partial charge in [0.1, 0.15) is 11.5 Å². The minimum absolute atomic E-state index is 0.247. The van der Waals surface area contributed by atoms with Crippen LogP contribution >= 0.6 is 15.9 Å². The van der Waals surface area contributed by atoms with E-state index in [-0.39, 0.29) is 11.6 Å². The molecule has 0 spiro atoms. The molecule has 6 heteroatoms. The second kappa shape index (κ2) is 7.90. The number of aryl methyl sites for hydroxylation is 1. The lowest BCUT2D eigenvalue weighted by Crippen LogP contribution is -2.24. The van der Waals surface area contributed by atoms with Crippen molar-refractivity contribution in [2.75, 3.05) is 5.32 Å². The number of hydrogen-bond donors (Lipinski definition) is 2. The average Bonchev–Trinajstić information content (AvgIpc) is 2.63. The van der Waals surface area contributed by atoms with Gasteiger partial charge in [-0.15, -0.1) is 0 Å². The standard InChI is InChI=1S/C19H17BrN4O/c1-13-2-4-14(5-3-13)10-23-19(25)17-11-22-18(12-21-17)24-16-8-6-15(20)7-9-16/h2-9,11-12H,10H2,1H3,(H,22,24)(H,23,25). The van der Waals surface area contributed by atoms with Crippen LogP contribution in [0.15, 0.2) is 65.4 Å². The molecule has 0 unspecified atom stereocenters. The molecule has 0 fully saturated rings. The third-order valence-corrected chi connectivity index (χ3v) is 4.10. The third kappa shape index (κ3) is 4.87. The van der Waals surface area contributed by atoms with Crippen LogP contribution in [0.5, 0.6) is 0 Å². The molecule has 0 bridgehead atoms. The Morgan fingerprint density at radius 2 is 1.72 bits per heavy atom. The molecule has 0 aliphatic rings. The molecule has 1 heterocycles. The summed E-state index contributed by atoms with van der Waals surface area (Å²) in [6.45, 7) is 2.49. The Hall–Kier alpha value is -2.73. The molecule has 0 radical (unpaired) electrons. The zero-order valence-electron chi connectivity index (χ0n) is 13.7. The first-order valence-corrected chi connectivity index (χ1v) is 8.58. The Labute approximate surface area is 154 Å². The van der Waals surface area contributed by atoms with E-state index in [0.717, 1.165) is 15.7 Å². The molecule has 126 valence electrons. The molecule has 3 aromatic rings. The number of anilines is 2. The normalized spacial score (nSPS) is 10.3. The summed E-state index contributed by atoms with van der Waals surface area (Å²) in [7, 11) is 0. The molecule has 0 aliphatic carbocycles. The van der Waals surface area contributed by atoms with E-state index in [1.165, 1.54) is 11.8 Å². The maximum absolute atomic E-state index is 12.2. The molecule has 3 rings (SSSR count). The molecule has 25 heavy (non-hydrogen) atoms. The quantitative estimate of drug-likeness (QED) is 0.677. The van der Waals surface area contributed by atoms with Crippen LogP contribution < -0.4 is 10.6 Å². The van der Waals surface area contributed by atoms with Crippen LogP contribution in [0.4, 0.5) is 11.5 Å². The summed E-state index contributed by atoms with van der Waals surface area (Å²) in [5.74, 6) is 0.334. The summed E-state index contributed by atoms with van der Waals surface area (Å²) >= 11 is 3.39. The van der Waals surface area contributed by atoms with Crippen LogP contribution in [-0.4, -0.2) is 15.9 Å². The SMILES string of the molecule is Cc1ccc(CNC(=O)c2cnc(Nc3ccc(Br)cc3)cn2)cc1. The van der Waals surface area contributed by atoms with Gasteiger partial charge in [0.2, 0.25) is 0 Å². The van der Waals surface area contributed by atoms with Crippen molar-refractivity contribution in [2.24, 2.45) is 0 Å². The van der Waals surface area contributed by atoms with Crippen molar-refractivity contribution in [3.63, 3.8) is 0 Å². The number of benzene rings is 2. The van der Waals surface area contributed by atoms with Crippen molar-refractivity contribution in [1.82, 2.24) is 15.3 Å². The predicted molar refractivity (Wildman–Crippen MR) is 102 cm³/mol. The minimum atomic E-state index is -0.247. The van der Waals surface area contributed by atoms with Gasteiger partial charge < -0.3 is 10.6 Å². The van der Waals surface area contributed by atoms with E-state index < -0.39 is 0 Å². The maximum atomic E-state index is 12.2. The predicted octanol–water partition coefficient (Wildman–Crippen LogP) is 4.22. The van der Waals surface area contributed by atoms with Gasteiger partial charge in [0.05, 0.1) is 12.4 Å². The summed E-state index contributed by atoms with van der Waals surface area (Å²) in [5, 5.41) is 5.98. The number of nitrogens with one attached hydrogen (secondary N) is 2. The van der Waals surface area contributed by atoms with Crippen molar-refractivity contribution in [2.45, 2.75) is 13.5 Å². The molecule has 2 N–H and O–H groups in total. The molecule has 0 aliphatic heterocycles. The smallest absolute Gasteiger partial charge is 0.271 e. The molecule has 5 nitrogen and oxygen atoms in total. The Balaban J connectivity index is 1.58. The van der Waals surface area contributed by atoms with Gasteiger partial charge in [-0.25, -0.2) is 9.97 Å². The monoisotopic (exact) mass is 396 g/mol. The first kappa shape index (κ1) is 17.1. The Kier molecular flexibility index (Phi) is 5.40. The van der Waals surface area contributed by atoms with Crippen LogP contribution in [-0.2, 0) is 6.54 Å². The number of aromatic nitrogens is 2. The van der Waals surface area contributed by atoms with E-state index in [1.807, 2.05) is 55.5 Å². The molecule has 0 saturated heterocycles. The Bertz CT molecular complexity index is 846. The zero-order chi connectivity index (χ0) is 17.6. The van der Waals surface area contributed by atoms with Gasteiger partial charge in [-0.2, -0.15) is 0 Å². The van der Waals surface area contributed by atoms with Crippen molar-refractivity contribution < 1.29 is 4.79 Å². The van der Waals surface area contributed by atoms with Crippen LogP contribution in [0.3, 0.4) is 0 Å². The largest absolute Gasteiger partial charge is 0.347 e. The summed E-state index contributed by atoms with van der Waals surface area (Å²) in [6.07, 6.45) is 3.01. The molecule has 1 aromatic heterocycles. The van der Waals surface area contributed by atoms with Gasteiger partial charge in [-0.1, -0.05) is 45.8 Å². The van der Waals surface area contributed by atoms with Crippen LogP contribution in [0.1, 0.15) is 21.6 Å². The van der Waals surface area contributed by atoms with Crippen LogP contribution in [0.25, 0.3) is 0 Å². The van der Waals surface area contributed by atoms with Gasteiger partial charge >= 0.3 is 0 Å². The molecule has 0 atom stereocenters. The number of nitrogens with zero attached hydrogens (tertiary/aromatic N) is 2. The van der Waals surface area contributed by atoms with E-state index in [4.69, 9.17) is 0 Å². The van der Waals surface area contributed by atoms with Gasteiger partial charge in [0, 0.05) is 16.7 Å². The van der Waals surface area contributed by atoms with E-state index in [9.17, 15) is 4.79 Å².